The molecule has 20 heavy (non-hydrogen) atoms. The van der Waals surface area contributed by atoms with Gasteiger partial charge in [0.2, 0.25) is 5.91 Å². The van der Waals surface area contributed by atoms with Crippen molar-refractivity contribution in [2.45, 2.75) is 64.6 Å². The number of hydrogen-bond donors (Lipinski definition) is 2. The fourth-order valence-electron chi connectivity index (χ4n) is 2.51. The number of hydrogen-bond acceptors (Lipinski definition) is 3. The van der Waals surface area contributed by atoms with Gasteiger partial charge >= 0.3 is 0 Å². The molecule has 0 aliphatic heterocycles. The van der Waals surface area contributed by atoms with Crippen LogP contribution >= 0.6 is 0 Å². The zero-order valence-corrected chi connectivity index (χ0v) is 12.7. The number of rotatable bonds is 5. The predicted molar refractivity (Wildman–Crippen MR) is 79.0 cm³/mol. The average Bonchev–Trinajstić information content (AvgIpc) is 2.77. The monoisotopic (exact) mass is 278 g/mol. The molecule has 3 N–H and O–H groups in total. The summed E-state index contributed by atoms with van der Waals surface area (Å²) in [6.07, 6.45) is 8.95. The molecule has 0 radical (unpaired) electrons. The second kappa shape index (κ2) is 5.56. The molecule has 5 heteroatoms. The molecule has 1 amide bonds. The maximum absolute atomic E-state index is 12.2. The highest BCUT2D eigenvalue weighted by Crippen LogP contribution is 2.32. The van der Waals surface area contributed by atoms with E-state index in [0.29, 0.717) is 6.42 Å². The van der Waals surface area contributed by atoms with E-state index in [1.807, 2.05) is 10.8 Å². The third-order valence-corrected chi connectivity index (χ3v) is 4.20. The third kappa shape index (κ3) is 3.82. The van der Waals surface area contributed by atoms with E-state index in [9.17, 15) is 4.79 Å². The molecular formula is C15H26N4O. The molecular weight excluding hydrogens is 252 g/mol. The van der Waals surface area contributed by atoms with Crippen LogP contribution in [0.15, 0.2) is 18.7 Å². The van der Waals surface area contributed by atoms with Gasteiger partial charge in [0.1, 0.15) is 0 Å². The lowest BCUT2D eigenvalue weighted by Gasteiger charge is -2.39. The van der Waals surface area contributed by atoms with Gasteiger partial charge in [-0.15, -0.1) is 0 Å². The molecule has 1 saturated carbocycles. The summed E-state index contributed by atoms with van der Waals surface area (Å²) in [5.74, 6) is 0.0623. The van der Waals surface area contributed by atoms with E-state index in [0.717, 1.165) is 25.8 Å². The Morgan fingerprint density at radius 1 is 1.50 bits per heavy atom. The summed E-state index contributed by atoms with van der Waals surface area (Å²) in [6, 6.07) is 0.0628. The minimum absolute atomic E-state index is 0.0126. The first-order valence-electron chi connectivity index (χ1n) is 7.32. The second-order valence-corrected chi connectivity index (χ2v) is 7.14. The molecule has 1 aromatic heterocycles. The van der Waals surface area contributed by atoms with Crippen LogP contribution in [-0.2, 0) is 11.3 Å². The van der Waals surface area contributed by atoms with Crippen LogP contribution in [-0.4, -0.2) is 27.0 Å². The Bertz CT molecular complexity index is 443. The SMILES string of the molecule is CC(C)(C)C(Cn1ccnc1)NC(=O)CC1(N)CCC1. The lowest BCUT2D eigenvalue weighted by Crippen LogP contribution is -2.53. The Morgan fingerprint density at radius 3 is 2.65 bits per heavy atom. The van der Waals surface area contributed by atoms with Crippen LogP contribution in [0.4, 0.5) is 0 Å². The Hall–Kier alpha value is -1.36. The lowest BCUT2D eigenvalue weighted by atomic mass is 9.75. The summed E-state index contributed by atoms with van der Waals surface area (Å²) in [5.41, 5.74) is 5.87. The van der Waals surface area contributed by atoms with Gasteiger partial charge in [0.25, 0.3) is 0 Å². The van der Waals surface area contributed by atoms with Crippen LogP contribution in [0.1, 0.15) is 46.5 Å². The molecule has 112 valence electrons. The van der Waals surface area contributed by atoms with Crippen LogP contribution in [0.25, 0.3) is 0 Å². The zero-order valence-electron chi connectivity index (χ0n) is 12.7. The summed E-state index contributed by atoms with van der Waals surface area (Å²) in [4.78, 5) is 16.3. The van der Waals surface area contributed by atoms with Gasteiger partial charge in [0, 0.05) is 30.9 Å². The minimum Gasteiger partial charge on any atom is -0.351 e. The minimum atomic E-state index is -0.262. The molecule has 1 atom stereocenters. The van der Waals surface area contributed by atoms with Crippen molar-refractivity contribution in [1.82, 2.24) is 14.9 Å². The van der Waals surface area contributed by atoms with E-state index >= 15 is 0 Å². The Kier molecular flexibility index (Phi) is 4.18. The first kappa shape index (κ1) is 15.0. The Labute approximate surface area is 120 Å². The average molecular weight is 278 g/mol. The smallest absolute Gasteiger partial charge is 0.222 e. The van der Waals surface area contributed by atoms with Crippen molar-refractivity contribution in [3.63, 3.8) is 0 Å². The molecule has 1 aromatic rings. The molecule has 1 heterocycles. The largest absolute Gasteiger partial charge is 0.351 e. The zero-order chi connectivity index (χ0) is 14.8. The van der Waals surface area contributed by atoms with Gasteiger partial charge in [0.15, 0.2) is 0 Å². The number of aromatic nitrogens is 2. The standard InChI is InChI=1S/C15H26N4O/c1-14(2,3)12(10-19-8-7-17-11-19)18-13(20)9-15(16)5-4-6-15/h7-8,11-12H,4-6,9-10,16H2,1-3H3,(H,18,20). The predicted octanol–water partition coefficient (Wildman–Crippen LogP) is 1.69. The molecule has 0 spiro atoms. The fraction of sp³-hybridized carbons (Fsp3) is 0.733. The van der Waals surface area contributed by atoms with Gasteiger partial charge < -0.3 is 15.6 Å². The summed E-state index contributed by atoms with van der Waals surface area (Å²) in [6.45, 7) is 7.14. The van der Waals surface area contributed by atoms with E-state index < -0.39 is 0 Å². The molecule has 2 rings (SSSR count). The van der Waals surface area contributed by atoms with Gasteiger partial charge in [-0.05, 0) is 24.7 Å². The van der Waals surface area contributed by atoms with Crippen molar-refractivity contribution in [2.24, 2.45) is 11.1 Å². The molecule has 0 saturated heterocycles. The van der Waals surface area contributed by atoms with E-state index in [2.05, 4.69) is 31.1 Å². The molecule has 1 unspecified atom stereocenters. The highest BCUT2D eigenvalue weighted by atomic mass is 16.1. The molecule has 1 aliphatic rings. The normalized spacial score (nSPS) is 19.2. The van der Waals surface area contributed by atoms with Gasteiger partial charge in [-0.2, -0.15) is 0 Å². The number of amides is 1. The summed E-state index contributed by atoms with van der Waals surface area (Å²) in [7, 11) is 0. The molecule has 0 aromatic carbocycles. The second-order valence-electron chi connectivity index (χ2n) is 7.14. The molecule has 1 fully saturated rings. The van der Waals surface area contributed by atoms with Gasteiger partial charge in [0.05, 0.1) is 12.4 Å². The van der Waals surface area contributed by atoms with Crippen molar-refractivity contribution in [3.05, 3.63) is 18.7 Å². The van der Waals surface area contributed by atoms with Crippen molar-refractivity contribution < 1.29 is 4.79 Å². The van der Waals surface area contributed by atoms with E-state index in [-0.39, 0.29) is 22.9 Å². The first-order valence-corrected chi connectivity index (χ1v) is 7.32. The third-order valence-electron chi connectivity index (χ3n) is 4.20. The van der Waals surface area contributed by atoms with Crippen LogP contribution in [0.2, 0.25) is 0 Å². The highest BCUT2D eigenvalue weighted by Gasteiger charge is 2.36. The van der Waals surface area contributed by atoms with Crippen molar-refractivity contribution >= 4 is 5.91 Å². The fourth-order valence-corrected chi connectivity index (χ4v) is 2.51. The number of carbonyl (C=O) groups excluding carboxylic acids is 1. The van der Waals surface area contributed by atoms with E-state index in [1.54, 1.807) is 12.5 Å². The summed E-state index contributed by atoms with van der Waals surface area (Å²) >= 11 is 0. The number of nitrogens with two attached hydrogens (primary N) is 1. The van der Waals surface area contributed by atoms with Crippen LogP contribution < -0.4 is 11.1 Å². The number of imidazole rings is 1. The van der Waals surface area contributed by atoms with E-state index in [4.69, 9.17) is 5.73 Å². The first-order chi connectivity index (χ1) is 9.28. The Balaban J connectivity index is 1.95. The molecule has 0 bridgehead atoms. The quantitative estimate of drug-likeness (QED) is 0.860. The van der Waals surface area contributed by atoms with Crippen molar-refractivity contribution in [1.29, 1.82) is 0 Å². The topological polar surface area (TPSA) is 72.9 Å². The molecule has 1 aliphatic carbocycles. The lowest BCUT2D eigenvalue weighted by molar-refractivity contribution is -0.124. The maximum Gasteiger partial charge on any atom is 0.222 e. The van der Waals surface area contributed by atoms with Crippen LogP contribution in [0, 0.1) is 5.41 Å². The van der Waals surface area contributed by atoms with Gasteiger partial charge in [-0.1, -0.05) is 20.8 Å². The number of nitrogens with one attached hydrogen (secondary N) is 1. The number of nitrogens with zero attached hydrogens (tertiary/aromatic N) is 2. The Morgan fingerprint density at radius 2 is 2.20 bits per heavy atom. The summed E-state index contributed by atoms with van der Waals surface area (Å²) in [5, 5.41) is 3.15. The van der Waals surface area contributed by atoms with Gasteiger partial charge in [-0.3, -0.25) is 4.79 Å². The summed E-state index contributed by atoms with van der Waals surface area (Å²) < 4.78 is 2.00. The number of carbonyl (C=O) groups is 1. The van der Waals surface area contributed by atoms with Crippen molar-refractivity contribution in [3.8, 4) is 0 Å². The van der Waals surface area contributed by atoms with Crippen LogP contribution in [0.3, 0.4) is 0 Å². The maximum atomic E-state index is 12.2. The van der Waals surface area contributed by atoms with Gasteiger partial charge in [-0.25, -0.2) is 4.98 Å². The van der Waals surface area contributed by atoms with Crippen LogP contribution in [0.5, 0.6) is 0 Å². The van der Waals surface area contributed by atoms with E-state index in [1.165, 1.54) is 0 Å². The molecule has 5 nitrogen and oxygen atoms in total. The van der Waals surface area contributed by atoms with Crippen molar-refractivity contribution in [2.75, 3.05) is 0 Å². The highest BCUT2D eigenvalue weighted by molar-refractivity contribution is 5.77.